The number of rotatable bonds is 3. The summed E-state index contributed by atoms with van der Waals surface area (Å²) in [5.41, 5.74) is 5.65. The molecule has 0 spiro atoms. The molecule has 0 bridgehead atoms. The Balaban J connectivity index is 1.95. The minimum Gasteiger partial charge on any atom is -0.386 e. The molecule has 6 nitrogen and oxygen atoms in total. The summed E-state index contributed by atoms with van der Waals surface area (Å²) < 4.78 is 0. The Bertz CT molecular complexity index is 488. The van der Waals surface area contributed by atoms with Crippen molar-refractivity contribution in [2.75, 3.05) is 13.1 Å². The summed E-state index contributed by atoms with van der Waals surface area (Å²) in [5, 5.41) is 12.1. The van der Waals surface area contributed by atoms with Crippen molar-refractivity contribution in [3.05, 3.63) is 35.4 Å². The molecule has 102 valence electrons. The number of likely N-dealkylation sites (tertiary alicyclic amines) is 1. The summed E-state index contributed by atoms with van der Waals surface area (Å²) in [6.07, 6.45) is 0. The monoisotopic (exact) mass is 263 g/mol. The van der Waals surface area contributed by atoms with Crippen LogP contribution in [-0.4, -0.2) is 40.6 Å². The van der Waals surface area contributed by atoms with E-state index < -0.39 is 11.6 Å². The van der Waals surface area contributed by atoms with E-state index in [9.17, 15) is 14.7 Å². The van der Waals surface area contributed by atoms with Gasteiger partial charge in [-0.3, -0.25) is 4.79 Å². The molecule has 19 heavy (non-hydrogen) atoms. The smallest absolute Gasteiger partial charge is 0.312 e. The molecule has 1 aliphatic rings. The van der Waals surface area contributed by atoms with Crippen LogP contribution in [0.2, 0.25) is 0 Å². The zero-order valence-corrected chi connectivity index (χ0v) is 10.7. The number of primary amides is 1. The van der Waals surface area contributed by atoms with E-state index in [2.05, 4.69) is 5.32 Å². The van der Waals surface area contributed by atoms with Crippen molar-refractivity contribution < 1.29 is 14.7 Å². The first-order valence-corrected chi connectivity index (χ1v) is 6.01. The summed E-state index contributed by atoms with van der Waals surface area (Å²) in [7, 11) is 0. The fourth-order valence-corrected chi connectivity index (χ4v) is 2.06. The number of β-amino-alcohol motifs (C(OH)–C–C–N with tert-alkyl or cyclic N) is 1. The summed E-state index contributed by atoms with van der Waals surface area (Å²) in [6.45, 7) is 2.76. The average Bonchev–Trinajstić information content (AvgIpc) is 2.33. The van der Waals surface area contributed by atoms with Gasteiger partial charge in [-0.05, 0) is 24.6 Å². The fraction of sp³-hybridized carbons (Fsp3) is 0.385. The van der Waals surface area contributed by atoms with E-state index in [1.54, 1.807) is 36.1 Å². The summed E-state index contributed by atoms with van der Waals surface area (Å²) in [6, 6.07) is 6.35. The van der Waals surface area contributed by atoms with E-state index in [-0.39, 0.29) is 5.91 Å². The fourth-order valence-electron chi connectivity index (χ4n) is 2.06. The van der Waals surface area contributed by atoms with Crippen LogP contribution in [-0.2, 0) is 6.54 Å². The second kappa shape index (κ2) is 4.89. The van der Waals surface area contributed by atoms with Crippen molar-refractivity contribution >= 4 is 11.9 Å². The Morgan fingerprint density at radius 3 is 2.42 bits per heavy atom. The van der Waals surface area contributed by atoms with Gasteiger partial charge in [0.05, 0.1) is 18.7 Å². The number of nitrogens with two attached hydrogens (primary N) is 1. The summed E-state index contributed by atoms with van der Waals surface area (Å²) >= 11 is 0. The molecule has 4 N–H and O–H groups in total. The van der Waals surface area contributed by atoms with Crippen molar-refractivity contribution in [3.8, 4) is 0 Å². The number of benzene rings is 1. The number of carbonyl (C=O) groups is 2. The molecule has 0 aromatic heterocycles. The van der Waals surface area contributed by atoms with Crippen LogP contribution >= 0.6 is 0 Å². The maximum absolute atomic E-state index is 12.0. The van der Waals surface area contributed by atoms with Gasteiger partial charge in [-0.1, -0.05) is 12.1 Å². The van der Waals surface area contributed by atoms with Crippen LogP contribution in [0.5, 0.6) is 0 Å². The van der Waals surface area contributed by atoms with Gasteiger partial charge < -0.3 is 21.1 Å². The molecule has 0 atom stereocenters. The maximum Gasteiger partial charge on any atom is 0.312 e. The Labute approximate surface area is 111 Å². The number of carbonyl (C=O) groups excluding carboxylic acids is 2. The number of hydrogen-bond acceptors (Lipinski definition) is 3. The Morgan fingerprint density at radius 2 is 1.95 bits per heavy atom. The lowest BCUT2D eigenvalue weighted by atomic mass is 9.96. The van der Waals surface area contributed by atoms with E-state index in [1.807, 2.05) is 0 Å². The lowest BCUT2D eigenvalue weighted by Gasteiger charge is -2.44. The molecule has 0 saturated carbocycles. The van der Waals surface area contributed by atoms with E-state index in [0.717, 1.165) is 5.56 Å². The van der Waals surface area contributed by atoms with Crippen molar-refractivity contribution in [2.24, 2.45) is 5.73 Å². The number of amides is 3. The molecule has 2 rings (SSSR count). The van der Waals surface area contributed by atoms with Crippen molar-refractivity contribution in [1.82, 2.24) is 10.2 Å². The maximum atomic E-state index is 12.0. The van der Waals surface area contributed by atoms with Gasteiger partial charge >= 0.3 is 6.03 Å². The topological polar surface area (TPSA) is 95.7 Å². The highest BCUT2D eigenvalue weighted by Crippen LogP contribution is 2.22. The van der Waals surface area contributed by atoms with Crippen LogP contribution < -0.4 is 11.1 Å². The number of nitrogens with one attached hydrogen (secondary N) is 1. The van der Waals surface area contributed by atoms with Gasteiger partial charge in [0.1, 0.15) is 0 Å². The molecule has 1 heterocycles. The quantitative estimate of drug-likeness (QED) is 0.719. The molecule has 0 aliphatic carbocycles. The van der Waals surface area contributed by atoms with Crippen molar-refractivity contribution in [1.29, 1.82) is 0 Å². The van der Waals surface area contributed by atoms with Gasteiger partial charge in [-0.2, -0.15) is 0 Å². The second-order valence-corrected chi connectivity index (χ2v) is 5.07. The minimum atomic E-state index is -0.763. The minimum absolute atomic E-state index is 0.0964. The molecule has 1 fully saturated rings. The average molecular weight is 263 g/mol. The molecular formula is C13H17N3O3. The van der Waals surface area contributed by atoms with Gasteiger partial charge in [-0.25, -0.2) is 4.79 Å². The molecular weight excluding hydrogens is 246 g/mol. The standard InChI is InChI=1S/C13H17N3O3/c1-13(19)7-16(8-13)11(17)10-4-2-9(3-5-10)6-15-12(14)18/h2-5,19H,6-8H2,1H3,(H3,14,15,18). The first-order valence-electron chi connectivity index (χ1n) is 6.01. The number of nitrogens with zero attached hydrogens (tertiary/aromatic N) is 1. The molecule has 3 amide bonds. The first kappa shape index (κ1) is 13.4. The van der Waals surface area contributed by atoms with Crippen LogP contribution in [0, 0.1) is 0 Å². The van der Waals surface area contributed by atoms with E-state index in [0.29, 0.717) is 25.2 Å². The van der Waals surface area contributed by atoms with Crippen molar-refractivity contribution in [2.45, 2.75) is 19.1 Å². The van der Waals surface area contributed by atoms with Gasteiger partial charge in [0.25, 0.3) is 5.91 Å². The molecule has 1 aromatic carbocycles. The second-order valence-electron chi connectivity index (χ2n) is 5.07. The third-order valence-electron chi connectivity index (χ3n) is 3.02. The lowest BCUT2D eigenvalue weighted by Crippen LogP contribution is -2.61. The van der Waals surface area contributed by atoms with Crippen LogP contribution in [0.25, 0.3) is 0 Å². The van der Waals surface area contributed by atoms with Crippen molar-refractivity contribution in [3.63, 3.8) is 0 Å². The van der Waals surface area contributed by atoms with Gasteiger partial charge in [-0.15, -0.1) is 0 Å². The SMILES string of the molecule is CC1(O)CN(C(=O)c2ccc(CNC(N)=O)cc2)C1. The van der Waals surface area contributed by atoms with Crippen LogP contribution in [0.15, 0.2) is 24.3 Å². The van der Waals surface area contributed by atoms with Gasteiger partial charge in [0, 0.05) is 12.1 Å². The number of aliphatic hydroxyl groups is 1. The Morgan fingerprint density at radius 1 is 1.37 bits per heavy atom. The molecule has 1 aliphatic heterocycles. The van der Waals surface area contributed by atoms with Crippen LogP contribution in [0.3, 0.4) is 0 Å². The molecule has 0 unspecified atom stereocenters. The largest absolute Gasteiger partial charge is 0.386 e. The lowest BCUT2D eigenvalue weighted by molar-refractivity contribution is -0.0668. The Kier molecular flexibility index (Phi) is 3.44. The normalized spacial score (nSPS) is 16.6. The van der Waals surface area contributed by atoms with Gasteiger partial charge in [0.2, 0.25) is 0 Å². The number of urea groups is 1. The van der Waals surface area contributed by atoms with E-state index in [4.69, 9.17) is 5.73 Å². The highest BCUT2D eigenvalue weighted by atomic mass is 16.3. The van der Waals surface area contributed by atoms with Gasteiger partial charge in [0.15, 0.2) is 0 Å². The van der Waals surface area contributed by atoms with E-state index in [1.165, 1.54) is 0 Å². The molecule has 6 heteroatoms. The van der Waals surface area contributed by atoms with Crippen LogP contribution in [0.1, 0.15) is 22.8 Å². The molecule has 0 radical (unpaired) electrons. The predicted octanol–water partition coefficient (Wildman–Crippen LogP) is 0.0617. The molecule has 1 saturated heterocycles. The number of hydrogen-bond donors (Lipinski definition) is 3. The zero-order chi connectivity index (χ0) is 14.0. The summed E-state index contributed by atoms with van der Waals surface area (Å²) in [4.78, 5) is 24.2. The Hall–Kier alpha value is -2.08. The zero-order valence-electron chi connectivity index (χ0n) is 10.7. The summed E-state index contributed by atoms with van der Waals surface area (Å²) in [5.74, 6) is -0.0964. The van der Waals surface area contributed by atoms with Crippen LogP contribution in [0.4, 0.5) is 4.79 Å². The predicted molar refractivity (Wildman–Crippen MR) is 69.4 cm³/mol. The highest BCUT2D eigenvalue weighted by molar-refractivity contribution is 5.95. The third kappa shape index (κ3) is 3.23. The molecule has 1 aromatic rings. The van der Waals surface area contributed by atoms with E-state index >= 15 is 0 Å². The third-order valence-corrected chi connectivity index (χ3v) is 3.02. The highest BCUT2D eigenvalue weighted by Gasteiger charge is 2.39. The first-order chi connectivity index (χ1) is 8.87.